The molecule has 4 aromatic rings. The van der Waals surface area contributed by atoms with Crippen LogP contribution in [0.5, 0.6) is 0 Å². The lowest BCUT2D eigenvalue weighted by Gasteiger charge is -2.26. The van der Waals surface area contributed by atoms with Gasteiger partial charge in [-0.2, -0.15) is 5.10 Å². The number of benzene rings is 1. The average Bonchev–Trinajstić information content (AvgIpc) is 3.11. The van der Waals surface area contributed by atoms with Gasteiger partial charge in [-0.3, -0.25) is 9.89 Å². The number of carbonyl (C=O) groups excluding carboxylic acids is 1. The summed E-state index contributed by atoms with van der Waals surface area (Å²) >= 11 is 6.52. The normalized spacial score (nSPS) is 18.4. The number of pyridine rings is 1. The van der Waals surface area contributed by atoms with Gasteiger partial charge in [0.2, 0.25) is 5.91 Å². The molecule has 2 N–H and O–H groups in total. The van der Waals surface area contributed by atoms with E-state index in [2.05, 4.69) is 20.5 Å². The van der Waals surface area contributed by atoms with Crippen LogP contribution < -0.4 is 5.32 Å². The molecule has 2 atom stereocenters. The summed E-state index contributed by atoms with van der Waals surface area (Å²) in [6.45, 7) is 3.50. The quantitative estimate of drug-likeness (QED) is 0.447. The third-order valence-corrected chi connectivity index (χ3v) is 6.30. The average molecular weight is 460 g/mol. The highest BCUT2D eigenvalue weighted by Gasteiger charge is 2.43. The van der Waals surface area contributed by atoms with E-state index in [1.54, 1.807) is 49.0 Å². The van der Waals surface area contributed by atoms with E-state index in [0.717, 1.165) is 0 Å². The van der Waals surface area contributed by atoms with Gasteiger partial charge in [0, 0.05) is 35.4 Å². The number of rotatable bonds is 5. The zero-order chi connectivity index (χ0) is 22.8. The molecule has 3 heterocycles. The molecule has 0 radical (unpaired) electrons. The van der Waals surface area contributed by atoms with E-state index in [0.29, 0.717) is 39.1 Å². The maximum Gasteiger partial charge on any atom is 0.231 e. The highest BCUT2D eigenvalue weighted by molar-refractivity contribution is 6.35. The highest BCUT2D eigenvalue weighted by atomic mass is 35.5. The molecule has 1 fully saturated rings. The van der Waals surface area contributed by atoms with Crippen molar-refractivity contribution in [2.45, 2.75) is 32.0 Å². The van der Waals surface area contributed by atoms with Crippen molar-refractivity contribution in [3.8, 4) is 11.1 Å². The van der Waals surface area contributed by atoms with Crippen LogP contribution in [-0.4, -0.2) is 38.8 Å². The second-order valence-corrected chi connectivity index (χ2v) is 8.79. The molecule has 0 aliphatic heterocycles. The number of hydrogen-bond acceptors (Lipinski definition) is 4. The van der Waals surface area contributed by atoms with Crippen LogP contribution in [0.25, 0.3) is 27.7 Å². The lowest BCUT2D eigenvalue weighted by atomic mass is 9.91. The number of aromatic nitrogens is 4. The summed E-state index contributed by atoms with van der Waals surface area (Å²) in [7, 11) is 1.50. The minimum Gasteiger partial charge on any atom is -0.374 e. The number of ether oxygens (including phenoxy) is 1. The summed E-state index contributed by atoms with van der Waals surface area (Å²) in [5, 5.41) is 10.2. The van der Waals surface area contributed by atoms with Gasteiger partial charge in [-0.05, 0) is 32.4 Å². The van der Waals surface area contributed by atoms with Crippen LogP contribution in [0.15, 0.2) is 30.7 Å². The van der Waals surface area contributed by atoms with Crippen molar-refractivity contribution in [1.29, 1.82) is 0 Å². The number of imidazole rings is 1. The van der Waals surface area contributed by atoms with E-state index in [1.807, 2.05) is 0 Å². The molecule has 3 aromatic heterocycles. The maximum absolute atomic E-state index is 15.5. The third-order valence-electron chi connectivity index (χ3n) is 5.94. The van der Waals surface area contributed by atoms with Crippen LogP contribution in [0.2, 0.25) is 5.02 Å². The molecule has 0 spiro atoms. The number of H-pyrrole nitrogens is 1. The van der Waals surface area contributed by atoms with E-state index in [-0.39, 0.29) is 17.4 Å². The number of methoxy groups -OCH3 is 1. The number of carbonyl (C=O) groups is 1. The van der Waals surface area contributed by atoms with Gasteiger partial charge < -0.3 is 14.5 Å². The second kappa shape index (κ2) is 7.25. The second-order valence-electron chi connectivity index (χ2n) is 8.41. The summed E-state index contributed by atoms with van der Waals surface area (Å²) in [6, 6.07) is 3.49. The smallest absolute Gasteiger partial charge is 0.231 e. The maximum atomic E-state index is 15.5. The lowest BCUT2D eigenvalue weighted by Crippen LogP contribution is -2.22. The Morgan fingerprint density at radius 2 is 2.12 bits per heavy atom. The zero-order valence-electron chi connectivity index (χ0n) is 17.5. The van der Waals surface area contributed by atoms with Crippen molar-refractivity contribution < 1.29 is 18.3 Å². The van der Waals surface area contributed by atoms with Gasteiger partial charge >= 0.3 is 0 Å². The van der Waals surface area contributed by atoms with E-state index in [9.17, 15) is 9.18 Å². The molecule has 0 unspecified atom stereocenters. The largest absolute Gasteiger partial charge is 0.374 e. The molecule has 5 rings (SSSR count). The molecular weight excluding hydrogens is 440 g/mol. The van der Waals surface area contributed by atoms with Gasteiger partial charge in [0.15, 0.2) is 11.6 Å². The summed E-state index contributed by atoms with van der Waals surface area (Å²) in [6.07, 6.45) is 4.11. The number of hydrogen-bond donors (Lipinski definition) is 2. The van der Waals surface area contributed by atoms with Crippen molar-refractivity contribution in [1.82, 2.24) is 19.6 Å². The number of nitrogens with one attached hydrogen (secondary N) is 2. The first-order valence-electron chi connectivity index (χ1n) is 10.0. The first-order valence-corrected chi connectivity index (χ1v) is 10.4. The molecule has 7 nitrogen and oxygen atoms in total. The van der Waals surface area contributed by atoms with Gasteiger partial charge in [-0.1, -0.05) is 11.6 Å². The fourth-order valence-electron chi connectivity index (χ4n) is 3.92. The summed E-state index contributed by atoms with van der Waals surface area (Å²) in [5.41, 5.74) is 1.53. The Balaban J connectivity index is 1.60. The number of amides is 1. The SMILES string of the molecule is COC(C)(C)c1c(F)c(Cl)c(-c2ccc3nc(NC(=O)[C@@H]4C[C@@H]4F)cn3c2)c2cn[nH]c12. The van der Waals surface area contributed by atoms with E-state index < -0.39 is 23.5 Å². The number of anilines is 1. The van der Waals surface area contributed by atoms with Crippen LogP contribution in [0.1, 0.15) is 25.8 Å². The number of fused-ring (bicyclic) bond motifs is 2. The lowest BCUT2D eigenvalue weighted by molar-refractivity contribution is -0.117. The van der Waals surface area contributed by atoms with Crippen molar-refractivity contribution in [2.75, 3.05) is 12.4 Å². The molecule has 1 amide bonds. The summed E-state index contributed by atoms with van der Waals surface area (Å²) < 4.78 is 35.8. The summed E-state index contributed by atoms with van der Waals surface area (Å²) in [4.78, 5) is 16.3. The summed E-state index contributed by atoms with van der Waals surface area (Å²) in [5.74, 6) is -1.27. The predicted octanol–water partition coefficient (Wildman–Crippen LogP) is 4.85. The van der Waals surface area contributed by atoms with E-state index in [1.165, 1.54) is 7.11 Å². The van der Waals surface area contributed by atoms with Crippen molar-refractivity contribution in [3.05, 3.63) is 47.1 Å². The molecule has 1 aliphatic rings. The Hall–Kier alpha value is -3.04. The Bertz CT molecular complexity index is 1380. The van der Waals surface area contributed by atoms with Gasteiger partial charge in [0.1, 0.15) is 11.8 Å². The molecule has 1 aromatic carbocycles. The first-order chi connectivity index (χ1) is 15.2. The van der Waals surface area contributed by atoms with Crippen LogP contribution in [0.3, 0.4) is 0 Å². The van der Waals surface area contributed by atoms with Crippen molar-refractivity contribution in [3.63, 3.8) is 0 Å². The van der Waals surface area contributed by atoms with E-state index >= 15 is 4.39 Å². The number of alkyl halides is 1. The molecule has 0 bridgehead atoms. The molecule has 1 aliphatic carbocycles. The third kappa shape index (κ3) is 3.23. The predicted molar refractivity (Wildman–Crippen MR) is 117 cm³/mol. The van der Waals surface area contributed by atoms with Crippen LogP contribution in [0, 0.1) is 11.7 Å². The monoisotopic (exact) mass is 459 g/mol. The van der Waals surface area contributed by atoms with Gasteiger partial charge in [0.25, 0.3) is 0 Å². The van der Waals surface area contributed by atoms with Crippen LogP contribution in [0.4, 0.5) is 14.6 Å². The Labute approximate surface area is 186 Å². The zero-order valence-corrected chi connectivity index (χ0v) is 18.3. The van der Waals surface area contributed by atoms with Gasteiger partial charge in [0.05, 0.1) is 34.5 Å². The number of halogens is 3. The standard InChI is InChI=1S/C22H20ClF2N5O2/c1-22(2,32-3)17-19(25)18(23)16(12-7-26-29-20(12)17)10-4-5-15-27-14(9-30(15)8-10)28-21(31)11-6-13(11)24/h4-5,7-9,11,13H,6H2,1-3H3,(H,26,29)(H,28,31)/t11-,13+/m1/s1. The van der Waals surface area contributed by atoms with Gasteiger partial charge in [-0.25, -0.2) is 13.8 Å². The number of nitrogens with zero attached hydrogens (tertiary/aromatic N) is 3. The Morgan fingerprint density at radius 3 is 2.81 bits per heavy atom. The highest BCUT2D eigenvalue weighted by Crippen LogP contribution is 2.43. The molecule has 32 heavy (non-hydrogen) atoms. The number of aromatic amines is 1. The topological polar surface area (TPSA) is 84.3 Å². The molecule has 166 valence electrons. The van der Waals surface area contributed by atoms with Crippen LogP contribution in [-0.2, 0) is 15.1 Å². The first kappa shape index (κ1) is 20.8. The van der Waals surface area contributed by atoms with Gasteiger partial charge in [-0.15, -0.1) is 0 Å². The minimum atomic E-state index is -1.08. The molecule has 0 saturated heterocycles. The molecule has 10 heteroatoms. The van der Waals surface area contributed by atoms with Crippen molar-refractivity contribution >= 4 is 39.9 Å². The molecule has 1 saturated carbocycles. The fraction of sp³-hybridized carbons (Fsp3) is 0.318. The van der Waals surface area contributed by atoms with Crippen molar-refractivity contribution in [2.24, 2.45) is 5.92 Å². The van der Waals surface area contributed by atoms with E-state index in [4.69, 9.17) is 16.3 Å². The minimum absolute atomic E-state index is 0.0465. The fourth-order valence-corrected chi connectivity index (χ4v) is 4.22. The Kier molecular flexibility index (Phi) is 4.72. The van der Waals surface area contributed by atoms with Crippen LogP contribution >= 0.6 is 11.6 Å². The Morgan fingerprint density at radius 1 is 1.38 bits per heavy atom. The molecular formula is C22H20ClF2N5O2.